The van der Waals surface area contributed by atoms with Crippen molar-refractivity contribution in [3.63, 3.8) is 0 Å². The summed E-state index contributed by atoms with van der Waals surface area (Å²) in [6, 6.07) is 31.5. The van der Waals surface area contributed by atoms with Crippen molar-refractivity contribution in [3.05, 3.63) is 131 Å². The maximum atomic E-state index is 14.2. The number of carbonyl (C=O) groups excluding carboxylic acids is 2. The van der Waals surface area contributed by atoms with Gasteiger partial charge in [-0.05, 0) is 35.2 Å². The minimum Gasteiger partial charge on any atom is -0.481 e. The monoisotopic (exact) mass is 934 g/mol. The Balaban J connectivity index is 0.000000196. The Morgan fingerprint density at radius 3 is 1.65 bits per heavy atom. The first kappa shape index (κ1) is 47.6. The summed E-state index contributed by atoms with van der Waals surface area (Å²) in [4.78, 5) is 55.3. The fourth-order valence-corrected chi connectivity index (χ4v) is 9.14. The SMILES string of the molecule is CCCCN(C(=O)Cc1ccccc1)c1nnc(-c2ccc(CN3CC(C(=O)O)C3)cc2)s1.COCCN(C(=O)c1ccccc1F)c1nnc(-c2ccc(CN3CC(C(=O)O)C3)cc2)s1. The minimum atomic E-state index is -0.748. The van der Waals surface area contributed by atoms with E-state index in [1.165, 1.54) is 52.9 Å². The highest BCUT2D eigenvalue weighted by atomic mass is 32.1. The van der Waals surface area contributed by atoms with Crippen LogP contribution in [0.15, 0.2) is 103 Å². The number of carboxylic acids is 2. The lowest BCUT2D eigenvalue weighted by Crippen LogP contribution is -2.49. The smallest absolute Gasteiger partial charge is 0.309 e. The third-order valence-corrected chi connectivity index (χ3v) is 13.2. The number of carbonyl (C=O) groups is 4. The molecule has 2 fully saturated rings. The fraction of sp³-hybridized carbons (Fsp3) is 0.333. The molecule has 2 aliphatic heterocycles. The van der Waals surface area contributed by atoms with Crippen molar-refractivity contribution < 1.29 is 38.5 Å². The lowest BCUT2D eigenvalue weighted by Gasteiger charge is -2.36. The highest BCUT2D eigenvalue weighted by Crippen LogP contribution is 2.32. The third kappa shape index (κ3) is 12.3. The standard InChI is InChI=1S/C25H28N4O3S.C23H23FN4O4S/c1-2-3-13-29(22(30)14-18-7-5-4-6-8-18)25-27-26-23(33-25)20-11-9-19(10-12-20)15-28-16-21(17-28)24(31)32;1-32-11-10-28(21(29)18-4-2-3-5-19(18)24)23-26-25-20(33-23)16-8-6-15(7-9-16)12-27-13-17(14-27)22(30)31/h4-12,21H,2-3,13-17H2,1H3,(H,31,32);2-9,17H,10-14H2,1H3,(H,30,31). The van der Waals surface area contributed by atoms with E-state index in [9.17, 15) is 23.6 Å². The van der Waals surface area contributed by atoms with Crippen LogP contribution < -0.4 is 9.80 Å². The molecule has 15 nitrogen and oxygen atoms in total. The molecular formula is C48H51FN8O7S2. The first-order chi connectivity index (χ1) is 32.0. The predicted molar refractivity (Wildman–Crippen MR) is 251 cm³/mol. The zero-order valence-corrected chi connectivity index (χ0v) is 38.3. The van der Waals surface area contributed by atoms with Crippen LogP contribution in [0.25, 0.3) is 21.1 Å². The zero-order chi connectivity index (χ0) is 46.6. The maximum absolute atomic E-state index is 14.2. The molecule has 344 valence electrons. The van der Waals surface area contributed by atoms with Gasteiger partial charge in [0.2, 0.25) is 16.2 Å². The number of amides is 2. The van der Waals surface area contributed by atoms with E-state index < -0.39 is 23.7 Å². The summed E-state index contributed by atoms with van der Waals surface area (Å²) in [5.41, 5.74) is 4.96. The summed E-state index contributed by atoms with van der Waals surface area (Å²) in [5, 5.41) is 37.5. The molecule has 2 saturated heterocycles. The molecule has 18 heteroatoms. The molecule has 2 amide bonds. The van der Waals surface area contributed by atoms with Crippen molar-refractivity contribution in [2.75, 3.05) is 62.8 Å². The normalized spacial score (nSPS) is 14.1. The molecule has 0 spiro atoms. The Kier molecular flexibility index (Phi) is 16.4. The second-order valence-electron chi connectivity index (χ2n) is 16.1. The van der Waals surface area contributed by atoms with Gasteiger partial charge in [0.15, 0.2) is 0 Å². The average molecular weight is 935 g/mol. The summed E-state index contributed by atoms with van der Waals surface area (Å²) in [7, 11) is 1.53. The molecule has 0 radical (unpaired) electrons. The number of unbranched alkanes of at least 4 members (excludes halogenated alkanes) is 1. The van der Waals surface area contributed by atoms with E-state index in [0.29, 0.717) is 61.0 Å². The van der Waals surface area contributed by atoms with Crippen LogP contribution in [0, 0.1) is 17.7 Å². The van der Waals surface area contributed by atoms with E-state index in [1.54, 1.807) is 11.0 Å². The molecule has 66 heavy (non-hydrogen) atoms. The van der Waals surface area contributed by atoms with Gasteiger partial charge in [-0.25, -0.2) is 4.39 Å². The number of likely N-dealkylation sites (tertiary alicyclic amines) is 2. The molecule has 2 aromatic heterocycles. The molecule has 4 aromatic carbocycles. The van der Waals surface area contributed by atoms with E-state index >= 15 is 0 Å². The second-order valence-corrected chi connectivity index (χ2v) is 18.0. The average Bonchev–Trinajstić information content (AvgIpc) is 3.99. The topological polar surface area (TPSA) is 182 Å². The zero-order valence-electron chi connectivity index (χ0n) is 36.7. The Bertz CT molecular complexity index is 2570. The van der Waals surface area contributed by atoms with Crippen molar-refractivity contribution in [3.8, 4) is 21.1 Å². The van der Waals surface area contributed by atoms with Crippen LogP contribution in [0.2, 0.25) is 0 Å². The summed E-state index contributed by atoms with van der Waals surface area (Å²) in [6.45, 7) is 6.96. The largest absolute Gasteiger partial charge is 0.481 e. The Morgan fingerprint density at radius 1 is 0.667 bits per heavy atom. The number of aromatic nitrogens is 4. The molecule has 0 atom stereocenters. The molecular weight excluding hydrogens is 884 g/mol. The number of methoxy groups -OCH3 is 1. The summed E-state index contributed by atoms with van der Waals surface area (Å²) in [5.74, 6) is -3.06. The van der Waals surface area contributed by atoms with E-state index in [1.807, 2.05) is 78.9 Å². The van der Waals surface area contributed by atoms with Crippen LogP contribution >= 0.6 is 22.7 Å². The van der Waals surface area contributed by atoms with Gasteiger partial charge in [0.25, 0.3) is 5.91 Å². The number of carboxylic acid groups (broad SMARTS) is 2. The third-order valence-electron chi connectivity index (χ3n) is 11.2. The summed E-state index contributed by atoms with van der Waals surface area (Å²) >= 11 is 2.67. The van der Waals surface area contributed by atoms with Gasteiger partial charge in [0, 0.05) is 64.0 Å². The lowest BCUT2D eigenvalue weighted by atomic mass is 9.99. The minimum absolute atomic E-state index is 0.0295. The lowest BCUT2D eigenvalue weighted by molar-refractivity contribution is -0.148. The van der Waals surface area contributed by atoms with E-state index in [0.717, 1.165) is 52.2 Å². The quantitative estimate of drug-likeness (QED) is 0.0830. The van der Waals surface area contributed by atoms with Gasteiger partial charge in [-0.15, -0.1) is 20.4 Å². The molecule has 6 aromatic rings. The van der Waals surface area contributed by atoms with Crippen LogP contribution in [-0.4, -0.2) is 117 Å². The molecule has 2 N–H and O–H groups in total. The fourth-order valence-electron chi connectivity index (χ4n) is 7.37. The van der Waals surface area contributed by atoms with Crippen molar-refractivity contribution in [1.29, 1.82) is 0 Å². The number of nitrogens with zero attached hydrogens (tertiary/aromatic N) is 8. The van der Waals surface area contributed by atoms with Crippen LogP contribution in [0.4, 0.5) is 14.7 Å². The van der Waals surface area contributed by atoms with Crippen LogP contribution in [-0.2, 0) is 38.6 Å². The Labute approximate surface area is 390 Å². The predicted octanol–water partition coefficient (Wildman–Crippen LogP) is 7.25. The van der Waals surface area contributed by atoms with Crippen molar-refractivity contribution in [1.82, 2.24) is 30.2 Å². The van der Waals surface area contributed by atoms with Gasteiger partial charge in [-0.2, -0.15) is 0 Å². The molecule has 0 unspecified atom stereocenters. The molecule has 8 rings (SSSR count). The molecule has 0 saturated carbocycles. The molecule has 0 aliphatic carbocycles. The molecule has 2 aliphatic rings. The molecule has 4 heterocycles. The number of ether oxygens (including phenoxy) is 1. The number of hydrogen-bond donors (Lipinski definition) is 2. The van der Waals surface area contributed by atoms with Crippen LogP contribution in [0.1, 0.15) is 46.8 Å². The Morgan fingerprint density at radius 2 is 1.17 bits per heavy atom. The highest BCUT2D eigenvalue weighted by molar-refractivity contribution is 7.19. The second kappa shape index (κ2) is 22.7. The van der Waals surface area contributed by atoms with Crippen LogP contribution in [0.5, 0.6) is 0 Å². The maximum Gasteiger partial charge on any atom is 0.309 e. The van der Waals surface area contributed by atoms with Gasteiger partial charge in [0.05, 0.1) is 37.0 Å². The number of halogens is 1. The van der Waals surface area contributed by atoms with Crippen LogP contribution in [0.3, 0.4) is 0 Å². The molecule has 0 bridgehead atoms. The highest BCUT2D eigenvalue weighted by Gasteiger charge is 2.33. The van der Waals surface area contributed by atoms with Crippen molar-refractivity contribution >= 4 is 56.7 Å². The number of rotatable bonds is 19. The van der Waals surface area contributed by atoms with E-state index in [-0.39, 0.29) is 36.5 Å². The van der Waals surface area contributed by atoms with Crippen molar-refractivity contribution in [2.24, 2.45) is 11.8 Å². The number of benzene rings is 4. The van der Waals surface area contributed by atoms with Gasteiger partial charge in [-0.1, -0.05) is 127 Å². The van der Waals surface area contributed by atoms with E-state index in [2.05, 4.69) is 37.1 Å². The first-order valence-corrected chi connectivity index (χ1v) is 23.3. The van der Waals surface area contributed by atoms with E-state index in [4.69, 9.17) is 14.9 Å². The van der Waals surface area contributed by atoms with Gasteiger partial charge in [-0.3, -0.25) is 38.8 Å². The number of aliphatic carboxylic acids is 2. The number of hydrogen-bond acceptors (Lipinski definition) is 13. The number of anilines is 2. The van der Waals surface area contributed by atoms with Gasteiger partial charge >= 0.3 is 11.9 Å². The van der Waals surface area contributed by atoms with Crippen molar-refractivity contribution in [2.45, 2.75) is 39.3 Å². The summed E-state index contributed by atoms with van der Waals surface area (Å²) < 4.78 is 19.3. The van der Waals surface area contributed by atoms with Gasteiger partial charge < -0.3 is 14.9 Å². The summed E-state index contributed by atoms with van der Waals surface area (Å²) in [6.07, 6.45) is 2.24. The van der Waals surface area contributed by atoms with Gasteiger partial charge in [0.1, 0.15) is 15.8 Å². The Hall–Kier alpha value is -6.31. The first-order valence-electron chi connectivity index (χ1n) is 21.6.